The van der Waals surface area contributed by atoms with Gasteiger partial charge in [0.05, 0.1) is 0 Å². The van der Waals surface area contributed by atoms with E-state index in [2.05, 4.69) is 48.9 Å². The second kappa shape index (κ2) is 4.52. The van der Waals surface area contributed by atoms with Crippen LogP contribution >= 0.6 is 0 Å². The molecule has 0 bridgehead atoms. The van der Waals surface area contributed by atoms with E-state index in [1.807, 2.05) is 0 Å². The average molecular weight is 201 g/mol. The molecule has 0 saturated heterocycles. The molecule has 2 rings (SSSR count). The zero-order valence-electron chi connectivity index (χ0n) is 9.66. The molecule has 1 heteroatoms. The molecule has 1 aromatic carbocycles. The lowest BCUT2D eigenvalue weighted by molar-refractivity contribution is 0.616. The molecule has 0 unspecified atom stereocenters. The maximum Gasteiger partial charge on any atom is 0.0482 e. The average Bonchev–Trinajstić information content (AvgIpc) is 2.64. The number of nitrogens with zero attached hydrogens (tertiary/aromatic N) is 1. The molecule has 0 spiro atoms. The van der Waals surface area contributed by atoms with Gasteiger partial charge in [-0.1, -0.05) is 31.9 Å². The van der Waals surface area contributed by atoms with Crippen LogP contribution in [0.15, 0.2) is 30.5 Å². The van der Waals surface area contributed by atoms with Crippen molar-refractivity contribution in [3.63, 3.8) is 0 Å². The molecule has 0 aliphatic heterocycles. The molecule has 0 aliphatic rings. The first kappa shape index (κ1) is 10.3. The molecule has 0 atom stereocenters. The molecule has 0 N–H and O–H groups in total. The highest BCUT2D eigenvalue weighted by Crippen LogP contribution is 2.19. The molecular formula is C14H19N. The Morgan fingerprint density at radius 2 is 2.00 bits per heavy atom. The third-order valence-electron chi connectivity index (χ3n) is 3.03. The van der Waals surface area contributed by atoms with Gasteiger partial charge in [0.2, 0.25) is 0 Å². The van der Waals surface area contributed by atoms with Gasteiger partial charge < -0.3 is 4.57 Å². The third kappa shape index (κ3) is 2.06. The van der Waals surface area contributed by atoms with Crippen molar-refractivity contribution < 1.29 is 0 Å². The molecular weight excluding hydrogens is 182 g/mol. The van der Waals surface area contributed by atoms with Crippen LogP contribution in [0.4, 0.5) is 0 Å². The molecule has 1 nitrogen and oxygen atoms in total. The lowest BCUT2D eigenvalue weighted by atomic mass is 10.1. The summed E-state index contributed by atoms with van der Waals surface area (Å²) in [5.41, 5.74) is 2.76. The van der Waals surface area contributed by atoms with E-state index in [1.54, 1.807) is 0 Å². The summed E-state index contributed by atoms with van der Waals surface area (Å²) in [6, 6.07) is 8.78. The van der Waals surface area contributed by atoms with Crippen LogP contribution in [0.3, 0.4) is 0 Å². The standard InChI is InChI=1S/C14H19N/c1-3-4-5-10-15-11-9-13-12(2)7-6-8-14(13)15/h6-9,11H,3-5,10H2,1-2H3. The molecule has 15 heavy (non-hydrogen) atoms. The molecule has 1 heterocycles. The molecule has 2 aromatic rings. The number of hydrogen-bond acceptors (Lipinski definition) is 0. The lowest BCUT2D eigenvalue weighted by Crippen LogP contribution is -1.95. The lowest BCUT2D eigenvalue weighted by Gasteiger charge is -2.05. The number of hydrogen-bond donors (Lipinski definition) is 0. The van der Waals surface area contributed by atoms with Crippen molar-refractivity contribution in [2.45, 2.75) is 39.7 Å². The second-order valence-corrected chi connectivity index (χ2v) is 4.22. The van der Waals surface area contributed by atoms with Gasteiger partial charge in [0, 0.05) is 23.6 Å². The van der Waals surface area contributed by atoms with Crippen LogP contribution in [0.1, 0.15) is 31.7 Å². The summed E-state index contributed by atoms with van der Waals surface area (Å²) in [6.07, 6.45) is 6.12. The Balaban J connectivity index is 2.25. The van der Waals surface area contributed by atoms with Gasteiger partial charge in [0.15, 0.2) is 0 Å². The summed E-state index contributed by atoms with van der Waals surface area (Å²) >= 11 is 0. The summed E-state index contributed by atoms with van der Waals surface area (Å²) in [6.45, 7) is 5.58. The van der Waals surface area contributed by atoms with E-state index in [-0.39, 0.29) is 0 Å². The van der Waals surface area contributed by atoms with E-state index in [0.29, 0.717) is 0 Å². The summed E-state index contributed by atoms with van der Waals surface area (Å²) in [4.78, 5) is 0. The van der Waals surface area contributed by atoms with Crippen LogP contribution in [0.2, 0.25) is 0 Å². The Kier molecular flexibility index (Phi) is 3.10. The number of aromatic nitrogens is 1. The van der Waals surface area contributed by atoms with Crippen molar-refractivity contribution in [3.05, 3.63) is 36.0 Å². The van der Waals surface area contributed by atoms with Gasteiger partial charge in [-0.25, -0.2) is 0 Å². The maximum atomic E-state index is 2.37. The Morgan fingerprint density at radius 1 is 1.13 bits per heavy atom. The molecule has 80 valence electrons. The van der Waals surface area contributed by atoms with Crippen molar-refractivity contribution in [1.29, 1.82) is 0 Å². The van der Waals surface area contributed by atoms with Crippen LogP contribution in [0.25, 0.3) is 10.9 Å². The zero-order valence-corrected chi connectivity index (χ0v) is 9.66. The summed E-state index contributed by atoms with van der Waals surface area (Å²) in [7, 11) is 0. The largest absolute Gasteiger partial charge is 0.347 e. The second-order valence-electron chi connectivity index (χ2n) is 4.22. The molecule has 0 saturated carbocycles. The number of aryl methyl sites for hydroxylation is 2. The topological polar surface area (TPSA) is 4.93 Å². The van der Waals surface area contributed by atoms with Crippen LogP contribution in [0.5, 0.6) is 0 Å². The highest BCUT2D eigenvalue weighted by atomic mass is 14.9. The van der Waals surface area contributed by atoms with Gasteiger partial charge in [-0.05, 0) is 31.0 Å². The fourth-order valence-corrected chi connectivity index (χ4v) is 2.10. The number of rotatable bonds is 4. The van der Waals surface area contributed by atoms with Crippen molar-refractivity contribution in [1.82, 2.24) is 4.57 Å². The SMILES string of the molecule is CCCCCn1ccc2c(C)cccc21. The normalized spacial score (nSPS) is 11.1. The molecule has 0 amide bonds. The smallest absolute Gasteiger partial charge is 0.0482 e. The molecule has 0 radical (unpaired) electrons. The predicted octanol–water partition coefficient (Wildman–Crippen LogP) is 4.14. The summed E-state index contributed by atoms with van der Waals surface area (Å²) in [5, 5.41) is 1.40. The van der Waals surface area contributed by atoms with Gasteiger partial charge in [-0.3, -0.25) is 0 Å². The first-order valence-electron chi connectivity index (χ1n) is 5.87. The van der Waals surface area contributed by atoms with Gasteiger partial charge in [-0.15, -0.1) is 0 Å². The van der Waals surface area contributed by atoms with Gasteiger partial charge >= 0.3 is 0 Å². The molecule has 1 aromatic heterocycles. The Morgan fingerprint density at radius 3 is 2.80 bits per heavy atom. The predicted molar refractivity (Wildman–Crippen MR) is 66.2 cm³/mol. The highest BCUT2D eigenvalue weighted by molar-refractivity contribution is 5.83. The minimum Gasteiger partial charge on any atom is -0.347 e. The Hall–Kier alpha value is -1.24. The van der Waals surface area contributed by atoms with Gasteiger partial charge in [0.1, 0.15) is 0 Å². The molecule has 0 aliphatic carbocycles. The monoisotopic (exact) mass is 201 g/mol. The zero-order chi connectivity index (χ0) is 10.7. The number of benzene rings is 1. The fourth-order valence-electron chi connectivity index (χ4n) is 2.10. The van der Waals surface area contributed by atoms with E-state index >= 15 is 0 Å². The van der Waals surface area contributed by atoms with Gasteiger partial charge in [-0.2, -0.15) is 0 Å². The van der Waals surface area contributed by atoms with Crippen LogP contribution in [0, 0.1) is 6.92 Å². The minimum atomic E-state index is 1.15. The van der Waals surface area contributed by atoms with E-state index in [9.17, 15) is 0 Å². The van der Waals surface area contributed by atoms with Crippen molar-refractivity contribution in [2.24, 2.45) is 0 Å². The highest BCUT2D eigenvalue weighted by Gasteiger charge is 2.01. The van der Waals surface area contributed by atoms with Crippen LogP contribution in [-0.4, -0.2) is 4.57 Å². The molecule has 0 fully saturated rings. The minimum absolute atomic E-state index is 1.15. The quantitative estimate of drug-likeness (QED) is 0.655. The first-order chi connectivity index (χ1) is 7.33. The van der Waals surface area contributed by atoms with Crippen LogP contribution < -0.4 is 0 Å². The van der Waals surface area contributed by atoms with Crippen molar-refractivity contribution in [2.75, 3.05) is 0 Å². The Bertz CT molecular complexity index is 440. The van der Waals surface area contributed by atoms with E-state index in [0.717, 1.165) is 6.54 Å². The van der Waals surface area contributed by atoms with E-state index in [4.69, 9.17) is 0 Å². The van der Waals surface area contributed by atoms with E-state index < -0.39 is 0 Å². The number of unbranched alkanes of at least 4 members (excludes halogenated alkanes) is 2. The fraction of sp³-hybridized carbons (Fsp3) is 0.429. The first-order valence-corrected chi connectivity index (χ1v) is 5.87. The third-order valence-corrected chi connectivity index (χ3v) is 3.03. The van der Waals surface area contributed by atoms with Gasteiger partial charge in [0.25, 0.3) is 0 Å². The maximum absolute atomic E-state index is 2.37. The van der Waals surface area contributed by atoms with Crippen molar-refractivity contribution in [3.8, 4) is 0 Å². The van der Waals surface area contributed by atoms with Crippen molar-refractivity contribution >= 4 is 10.9 Å². The van der Waals surface area contributed by atoms with E-state index in [1.165, 1.54) is 35.7 Å². The van der Waals surface area contributed by atoms with Crippen LogP contribution in [-0.2, 0) is 6.54 Å². The Labute approximate surface area is 91.7 Å². The summed E-state index contributed by atoms with van der Waals surface area (Å²) in [5.74, 6) is 0. The summed E-state index contributed by atoms with van der Waals surface area (Å²) < 4.78 is 2.37. The number of fused-ring (bicyclic) bond motifs is 1.